The minimum atomic E-state index is -5.05. The van der Waals surface area contributed by atoms with E-state index in [9.17, 15) is 28.5 Å². The number of ether oxygens (including phenoxy) is 4. The van der Waals surface area contributed by atoms with Crippen molar-refractivity contribution in [1.29, 1.82) is 0 Å². The zero-order valence-electron chi connectivity index (χ0n) is 38.0. The highest BCUT2D eigenvalue weighted by atomic mass is 32.3. The van der Waals surface area contributed by atoms with E-state index in [1.807, 2.05) is 0 Å². The van der Waals surface area contributed by atoms with Crippen LogP contribution in [0.15, 0.2) is 12.2 Å². The van der Waals surface area contributed by atoms with Gasteiger partial charge < -0.3 is 34.3 Å². The Labute approximate surface area is 366 Å². The number of hydrogen-bond donors (Lipinski definition) is 4. The minimum Gasteiger partial charge on any atom is -0.457 e. The summed E-state index contributed by atoms with van der Waals surface area (Å²) < 4.78 is 58.9. The Balaban J connectivity index is 2.21. The van der Waals surface area contributed by atoms with Gasteiger partial charge in [-0.1, -0.05) is 187 Å². The average molecular weight is 879 g/mol. The van der Waals surface area contributed by atoms with E-state index < -0.39 is 59.8 Å². The van der Waals surface area contributed by atoms with Crippen LogP contribution in [0.3, 0.4) is 0 Å². The number of carbonyl (C=O) groups excluding carboxylic acids is 1. The van der Waals surface area contributed by atoms with E-state index in [-0.39, 0.29) is 19.6 Å². The standard InChI is InChI=1S/C47H90O12S/c1-3-5-7-9-11-12-13-14-15-16-17-18-19-20-21-22-23-24-25-26-27-28-29-31-33-35-37-55-39-41(57-43(49)36-34-32-30-10-8-6-4-2)40-56-47-45(51)46(59-60(52,53)54)44(50)42(38-48)58-47/h16-17,41-42,44-48,50-51H,3-15,18-40H2,1-2H3,(H,52,53,54)/b17-16-. The van der Waals surface area contributed by atoms with Crippen LogP contribution >= 0.6 is 0 Å². The molecule has 0 aliphatic carbocycles. The Morgan fingerprint density at radius 3 is 1.50 bits per heavy atom. The molecule has 12 nitrogen and oxygen atoms in total. The second kappa shape index (κ2) is 39.4. The Morgan fingerprint density at radius 2 is 1.05 bits per heavy atom. The summed E-state index contributed by atoms with van der Waals surface area (Å²) >= 11 is 0. The summed E-state index contributed by atoms with van der Waals surface area (Å²) in [6.45, 7) is 3.96. The Kier molecular flexibility index (Phi) is 37.4. The molecule has 4 N–H and O–H groups in total. The molecule has 0 radical (unpaired) electrons. The largest absolute Gasteiger partial charge is 0.457 e. The Bertz CT molecular complexity index is 1110. The number of aliphatic hydroxyl groups excluding tert-OH is 3. The number of carbonyl (C=O) groups is 1. The number of unbranched alkanes of at least 4 members (excludes halogenated alkanes) is 28. The Morgan fingerprint density at radius 1 is 0.617 bits per heavy atom. The van der Waals surface area contributed by atoms with Gasteiger partial charge in [-0.2, -0.15) is 8.42 Å². The Hall–Kier alpha value is -1.16. The van der Waals surface area contributed by atoms with Crippen LogP contribution in [-0.4, -0.2) is 97.5 Å². The normalized spacial score (nSPS) is 20.3. The third kappa shape index (κ3) is 32.5. The van der Waals surface area contributed by atoms with Crippen molar-refractivity contribution in [2.45, 2.75) is 256 Å². The lowest BCUT2D eigenvalue weighted by molar-refractivity contribution is -0.301. The van der Waals surface area contributed by atoms with E-state index in [1.54, 1.807) is 0 Å². The molecule has 0 saturated carbocycles. The highest BCUT2D eigenvalue weighted by Crippen LogP contribution is 2.26. The van der Waals surface area contributed by atoms with Gasteiger partial charge in [0.2, 0.25) is 0 Å². The first-order valence-corrected chi connectivity index (χ1v) is 25.8. The molecule has 1 aliphatic rings. The van der Waals surface area contributed by atoms with Crippen molar-refractivity contribution in [3.8, 4) is 0 Å². The van der Waals surface area contributed by atoms with Crippen LogP contribution in [0.25, 0.3) is 0 Å². The lowest BCUT2D eigenvalue weighted by atomic mass is 9.99. The van der Waals surface area contributed by atoms with Crippen molar-refractivity contribution in [2.75, 3.05) is 26.4 Å². The molecule has 0 bridgehead atoms. The van der Waals surface area contributed by atoms with Gasteiger partial charge in [-0.25, -0.2) is 4.18 Å². The predicted octanol–water partition coefficient (Wildman–Crippen LogP) is 10.6. The van der Waals surface area contributed by atoms with E-state index in [0.717, 1.165) is 38.5 Å². The number of allylic oxidation sites excluding steroid dienone is 2. The van der Waals surface area contributed by atoms with Crippen LogP contribution < -0.4 is 0 Å². The van der Waals surface area contributed by atoms with Gasteiger partial charge in [0.25, 0.3) is 0 Å². The summed E-state index contributed by atoms with van der Waals surface area (Å²) in [5.74, 6) is -0.403. The molecule has 1 rings (SSSR count). The molecule has 0 amide bonds. The first kappa shape index (κ1) is 56.9. The lowest BCUT2D eigenvalue weighted by Crippen LogP contribution is -2.60. The SMILES string of the molecule is CCCCCCCCCC/C=C\CCCCCCCCCCCCCCCCOCC(COC1OC(CO)C(O)C(OS(=O)(=O)O)C1O)OC(=O)CCCCCCCCC. The second-order valence-electron chi connectivity index (χ2n) is 17.1. The minimum absolute atomic E-state index is 0.0410. The molecule has 6 unspecified atom stereocenters. The third-order valence-electron chi connectivity index (χ3n) is 11.4. The molecule has 1 saturated heterocycles. The van der Waals surface area contributed by atoms with E-state index in [1.165, 1.54) is 154 Å². The smallest absolute Gasteiger partial charge is 0.397 e. The molecule has 1 heterocycles. The predicted molar refractivity (Wildman–Crippen MR) is 239 cm³/mol. The maximum absolute atomic E-state index is 12.7. The van der Waals surface area contributed by atoms with Crippen LogP contribution in [0, 0.1) is 0 Å². The zero-order valence-corrected chi connectivity index (χ0v) is 38.9. The fraction of sp³-hybridized carbons (Fsp3) is 0.936. The van der Waals surface area contributed by atoms with Gasteiger partial charge in [-0.05, 0) is 38.5 Å². The molecular weight excluding hydrogens is 789 g/mol. The fourth-order valence-corrected chi connectivity index (χ4v) is 8.18. The van der Waals surface area contributed by atoms with Gasteiger partial charge in [-0.15, -0.1) is 0 Å². The van der Waals surface area contributed by atoms with Crippen molar-refractivity contribution in [3.05, 3.63) is 12.2 Å². The van der Waals surface area contributed by atoms with Crippen LogP contribution in [-0.2, 0) is 38.3 Å². The van der Waals surface area contributed by atoms with Gasteiger partial charge in [-0.3, -0.25) is 9.35 Å². The summed E-state index contributed by atoms with van der Waals surface area (Å²) in [5.41, 5.74) is 0. The third-order valence-corrected chi connectivity index (χ3v) is 11.9. The van der Waals surface area contributed by atoms with Crippen LogP contribution in [0.4, 0.5) is 0 Å². The maximum atomic E-state index is 12.7. The summed E-state index contributed by atoms with van der Waals surface area (Å²) in [4.78, 5) is 12.7. The number of rotatable bonds is 43. The van der Waals surface area contributed by atoms with E-state index >= 15 is 0 Å². The summed E-state index contributed by atoms with van der Waals surface area (Å²) in [5, 5.41) is 30.6. The van der Waals surface area contributed by atoms with Crippen LogP contribution in [0.5, 0.6) is 0 Å². The quantitative estimate of drug-likeness (QED) is 0.0197. The number of hydrogen-bond acceptors (Lipinski definition) is 11. The highest BCUT2D eigenvalue weighted by molar-refractivity contribution is 7.80. The molecular formula is C47H90O12S. The molecule has 1 aliphatic heterocycles. The first-order chi connectivity index (χ1) is 29.1. The molecule has 356 valence electrons. The number of aliphatic hydroxyl groups is 3. The fourth-order valence-electron chi connectivity index (χ4n) is 7.67. The van der Waals surface area contributed by atoms with Crippen molar-refractivity contribution in [1.82, 2.24) is 0 Å². The van der Waals surface area contributed by atoms with Gasteiger partial charge in [0.05, 0.1) is 19.8 Å². The molecule has 6 atom stereocenters. The molecule has 0 aromatic rings. The van der Waals surface area contributed by atoms with Gasteiger partial charge in [0, 0.05) is 13.0 Å². The van der Waals surface area contributed by atoms with Crippen molar-refractivity contribution >= 4 is 16.4 Å². The van der Waals surface area contributed by atoms with E-state index in [4.69, 9.17) is 23.5 Å². The second-order valence-corrected chi connectivity index (χ2v) is 18.1. The highest BCUT2D eigenvalue weighted by Gasteiger charge is 2.48. The zero-order chi connectivity index (χ0) is 43.9. The summed E-state index contributed by atoms with van der Waals surface area (Å²) in [6, 6.07) is 0. The summed E-state index contributed by atoms with van der Waals surface area (Å²) in [6.07, 6.45) is 34.4. The first-order valence-electron chi connectivity index (χ1n) is 24.4. The van der Waals surface area contributed by atoms with Crippen LogP contribution in [0.2, 0.25) is 0 Å². The van der Waals surface area contributed by atoms with E-state index in [0.29, 0.717) is 13.0 Å². The molecule has 0 aromatic heterocycles. The molecule has 1 fully saturated rings. The van der Waals surface area contributed by atoms with E-state index in [2.05, 4.69) is 30.2 Å². The van der Waals surface area contributed by atoms with Gasteiger partial charge in [0.1, 0.15) is 30.5 Å². The summed E-state index contributed by atoms with van der Waals surface area (Å²) in [7, 11) is -5.05. The molecule has 13 heteroatoms. The monoisotopic (exact) mass is 879 g/mol. The topological polar surface area (TPSA) is 178 Å². The van der Waals surface area contributed by atoms with Gasteiger partial charge >= 0.3 is 16.4 Å². The maximum Gasteiger partial charge on any atom is 0.397 e. The molecule has 0 spiro atoms. The van der Waals surface area contributed by atoms with Crippen molar-refractivity contribution in [2.24, 2.45) is 0 Å². The van der Waals surface area contributed by atoms with Gasteiger partial charge in [0.15, 0.2) is 6.29 Å². The molecule has 0 aromatic carbocycles. The average Bonchev–Trinajstić information content (AvgIpc) is 3.22. The van der Waals surface area contributed by atoms with Crippen molar-refractivity contribution < 1.29 is 56.2 Å². The molecule has 60 heavy (non-hydrogen) atoms. The number of esters is 1. The van der Waals surface area contributed by atoms with Crippen LogP contribution in [0.1, 0.15) is 219 Å². The van der Waals surface area contributed by atoms with Crippen molar-refractivity contribution in [3.63, 3.8) is 0 Å². The lowest BCUT2D eigenvalue weighted by Gasteiger charge is -2.41.